The summed E-state index contributed by atoms with van der Waals surface area (Å²) in [6.45, 7) is 4.63. The van der Waals surface area contributed by atoms with Gasteiger partial charge in [-0.3, -0.25) is 9.69 Å². The summed E-state index contributed by atoms with van der Waals surface area (Å²) in [6, 6.07) is 3.11. The van der Waals surface area contributed by atoms with Crippen LogP contribution >= 0.6 is 0 Å². The van der Waals surface area contributed by atoms with E-state index in [4.69, 9.17) is 9.47 Å². The summed E-state index contributed by atoms with van der Waals surface area (Å²) in [6.07, 6.45) is 3.44. The van der Waals surface area contributed by atoms with Crippen LogP contribution in [0.1, 0.15) is 32.6 Å². The minimum Gasteiger partial charge on any atom is -0.487 e. The van der Waals surface area contributed by atoms with Crippen LogP contribution in [-0.2, 0) is 9.53 Å². The minimum absolute atomic E-state index is 0.00412. The Balaban J connectivity index is 1.42. The smallest absolute Gasteiger partial charge is 0.237 e. The lowest BCUT2D eigenvalue weighted by atomic mass is 10.1. The molecule has 2 atom stereocenters. The summed E-state index contributed by atoms with van der Waals surface area (Å²) >= 11 is 0. The summed E-state index contributed by atoms with van der Waals surface area (Å²) in [7, 11) is 0. The molecule has 26 heavy (non-hydrogen) atoms. The van der Waals surface area contributed by atoms with Gasteiger partial charge in [0, 0.05) is 32.3 Å². The van der Waals surface area contributed by atoms with Crippen LogP contribution in [0.3, 0.4) is 0 Å². The molecule has 144 valence electrons. The van der Waals surface area contributed by atoms with Crippen LogP contribution in [0.25, 0.3) is 0 Å². The van der Waals surface area contributed by atoms with Gasteiger partial charge in [-0.25, -0.2) is 8.78 Å². The number of carbonyl (C=O) groups is 1. The monoisotopic (exact) mass is 368 g/mol. The van der Waals surface area contributed by atoms with Gasteiger partial charge >= 0.3 is 0 Å². The van der Waals surface area contributed by atoms with Crippen LogP contribution in [0.15, 0.2) is 18.2 Å². The fourth-order valence-corrected chi connectivity index (χ4v) is 3.46. The van der Waals surface area contributed by atoms with E-state index in [9.17, 15) is 13.6 Å². The highest BCUT2D eigenvalue weighted by Crippen LogP contribution is 2.23. The normalized spacial score (nSPS) is 23.0. The van der Waals surface area contributed by atoms with Crippen molar-refractivity contribution >= 4 is 5.91 Å². The molecule has 0 spiro atoms. The van der Waals surface area contributed by atoms with E-state index < -0.39 is 11.6 Å². The first-order chi connectivity index (χ1) is 12.5. The van der Waals surface area contributed by atoms with Crippen LogP contribution in [0.4, 0.5) is 8.78 Å². The Morgan fingerprint density at radius 2 is 2.12 bits per heavy atom. The van der Waals surface area contributed by atoms with Crippen molar-refractivity contribution in [2.24, 2.45) is 0 Å². The largest absolute Gasteiger partial charge is 0.487 e. The highest BCUT2D eigenvalue weighted by molar-refractivity contribution is 5.81. The molecular formula is C19H26F2N2O3. The van der Waals surface area contributed by atoms with Crippen LogP contribution in [0.2, 0.25) is 0 Å². The number of nitrogens with zero attached hydrogens (tertiary/aromatic N) is 1. The lowest BCUT2D eigenvalue weighted by molar-refractivity contribution is -0.127. The third-order valence-electron chi connectivity index (χ3n) is 5.12. The van der Waals surface area contributed by atoms with E-state index in [0.29, 0.717) is 32.5 Å². The van der Waals surface area contributed by atoms with Gasteiger partial charge in [0.2, 0.25) is 5.91 Å². The third kappa shape index (κ3) is 4.92. The van der Waals surface area contributed by atoms with Gasteiger partial charge in [0.05, 0.1) is 12.1 Å². The average molecular weight is 368 g/mol. The highest BCUT2D eigenvalue weighted by atomic mass is 19.1. The molecule has 0 aliphatic carbocycles. The number of hydrogen-bond acceptors (Lipinski definition) is 4. The SMILES string of the molecule is CC(C(=O)NCC1CCCO1)N1CCC(Oc2ccc(F)cc2F)CC1. The first-order valence-electron chi connectivity index (χ1n) is 9.28. The van der Waals surface area contributed by atoms with Gasteiger partial charge in [-0.15, -0.1) is 0 Å². The molecule has 0 radical (unpaired) electrons. The predicted octanol–water partition coefficient (Wildman–Crippen LogP) is 2.49. The fraction of sp³-hybridized carbons (Fsp3) is 0.632. The standard InChI is InChI=1S/C19H26F2N2O3/c1-13(19(24)22-12-16-3-2-10-25-16)23-8-6-15(7-9-23)26-18-5-4-14(20)11-17(18)21/h4-5,11,13,15-16H,2-3,6-10,12H2,1H3,(H,22,24). The molecule has 5 nitrogen and oxygen atoms in total. The summed E-state index contributed by atoms with van der Waals surface area (Å²) in [4.78, 5) is 14.4. The maximum atomic E-state index is 13.7. The number of halogens is 2. The second-order valence-corrected chi connectivity index (χ2v) is 6.98. The fourth-order valence-electron chi connectivity index (χ4n) is 3.46. The van der Waals surface area contributed by atoms with E-state index >= 15 is 0 Å². The lowest BCUT2D eigenvalue weighted by Gasteiger charge is -2.35. The van der Waals surface area contributed by atoms with Gasteiger partial charge in [0.25, 0.3) is 0 Å². The van der Waals surface area contributed by atoms with Crippen molar-refractivity contribution in [1.29, 1.82) is 0 Å². The molecule has 2 heterocycles. The van der Waals surface area contributed by atoms with Gasteiger partial charge < -0.3 is 14.8 Å². The second-order valence-electron chi connectivity index (χ2n) is 6.98. The number of likely N-dealkylation sites (tertiary alicyclic amines) is 1. The third-order valence-corrected chi connectivity index (χ3v) is 5.12. The van der Waals surface area contributed by atoms with Crippen LogP contribution < -0.4 is 10.1 Å². The Morgan fingerprint density at radius 1 is 1.35 bits per heavy atom. The quantitative estimate of drug-likeness (QED) is 0.838. The number of piperidine rings is 1. The van der Waals surface area contributed by atoms with Crippen LogP contribution in [0, 0.1) is 11.6 Å². The Bertz CT molecular complexity index is 615. The zero-order valence-corrected chi connectivity index (χ0v) is 15.0. The molecule has 2 aliphatic rings. The summed E-state index contributed by atoms with van der Waals surface area (Å²) in [5.41, 5.74) is 0. The zero-order valence-electron chi connectivity index (χ0n) is 15.0. The molecule has 1 aromatic rings. The van der Waals surface area contributed by atoms with E-state index in [0.717, 1.165) is 25.5 Å². The zero-order chi connectivity index (χ0) is 18.5. The molecule has 0 bridgehead atoms. The summed E-state index contributed by atoms with van der Waals surface area (Å²) in [5, 5.41) is 2.96. The molecule has 1 N–H and O–H groups in total. The Labute approximate surface area is 152 Å². The molecule has 2 fully saturated rings. The highest BCUT2D eigenvalue weighted by Gasteiger charge is 2.28. The van der Waals surface area contributed by atoms with E-state index in [1.54, 1.807) is 0 Å². The van der Waals surface area contributed by atoms with Crippen molar-refractivity contribution in [3.05, 3.63) is 29.8 Å². The predicted molar refractivity (Wildman–Crippen MR) is 93.0 cm³/mol. The summed E-state index contributed by atoms with van der Waals surface area (Å²) < 4.78 is 37.8. The van der Waals surface area contributed by atoms with Gasteiger partial charge in [-0.05, 0) is 44.7 Å². The molecule has 1 aromatic carbocycles. The molecule has 7 heteroatoms. The molecule has 3 rings (SSSR count). The van der Waals surface area contributed by atoms with E-state index in [2.05, 4.69) is 10.2 Å². The Morgan fingerprint density at radius 3 is 2.77 bits per heavy atom. The van der Waals surface area contributed by atoms with E-state index in [-0.39, 0.29) is 29.9 Å². The number of carbonyl (C=O) groups excluding carboxylic acids is 1. The van der Waals surface area contributed by atoms with Crippen molar-refractivity contribution in [2.45, 2.75) is 50.9 Å². The van der Waals surface area contributed by atoms with Crippen molar-refractivity contribution < 1.29 is 23.0 Å². The van der Waals surface area contributed by atoms with E-state index in [1.807, 2.05) is 6.92 Å². The molecule has 1 amide bonds. The van der Waals surface area contributed by atoms with Crippen molar-refractivity contribution in [3.8, 4) is 5.75 Å². The average Bonchev–Trinajstić information content (AvgIpc) is 3.15. The Kier molecular flexibility index (Phi) is 6.43. The maximum absolute atomic E-state index is 13.7. The first-order valence-corrected chi connectivity index (χ1v) is 9.28. The van der Waals surface area contributed by atoms with Crippen molar-refractivity contribution in [3.63, 3.8) is 0 Å². The number of ether oxygens (including phenoxy) is 2. The maximum Gasteiger partial charge on any atom is 0.237 e. The van der Waals surface area contributed by atoms with E-state index in [1.165, 1.54) is 12.1 Å². The molecule has 2 unspecified atom stereocenters. The number of nitrogens with one attached hydrogen (secondary N) is 1. The summed E-state index contributed by atoms with van der Waals surface area (Å²) in [5.74, 6) is -1.22. The Hall–Kier alpha value is -1.73. The molecule has 2 aliphatic heterocycles. The van der Waals surface area contributed by atoms with Crippen molar-refractivity contribution in [1.82, 2.24) is 10.2 Å². The topological polar surface area (TPSA) is 50.8 Å². The van der Waals surface area contributed by atoms with Gasteiger partial charge in [-0.2, -0.15) is 0 Å². The minimum atomic E-state index is -0.686. The van der Waals surface area contributed by atoms with Gasteiger partial charge in [0.15, 0.2) is 11.6 Å². The number of rotatable bonds is 6. The van der Waals surface area contributed by atoms with Crippen LogP contribution in [-0.4, -0.2) is 55.3 Å². The van der Waals surface area contributed by atoms with Gasteiger partial charge in [-0.1, -0.05) is 0 Å². The first kappa shape index (κ1) is 19.0. The molecule has 2 saturated heterocycles. The lowest BCUT2D eigenvalue weighted by Crippen LogP contribution is -2.50. The second kappa shape index (κ2) is 8.77. The number of benzene rings is 1. The number of hydrogen-bond donors (Lipinski definition) is 1. The van der Waals surface area contributed by atoms with Gasteiger partial charge in [0.1, 0.15) is 11.9 Å². The molecule has 0 aromatic heterocycles. The molecule has 0 saturated carbocycles. The molecular weight excluding hydrogens is 342 g/mol. The number of amides is 1. The van der Waals surface area contributed by atoms with Crippen LogP contribution in [0.5, 0.6) is 5.75 Å². The van der Waals surface area contributed by atoms with Crippen molar-refractivity contribution in [2.75, 3.05) is 26.2 Å².